The van der Waals surface area contributed by atoms with E-state index in [-0.39, 0.29) is 18.0 Å². The second-order valence-corrected chi connectivity index (χ2v) is 7.89. The Balaban J connectivity index is 1.75. The molecule has 0 saturated carbocycles. The number of nitrogens with zero attached hydrogens (tertiary/aromatic N) is 2. The first-order valence-corrected chi connectivity index (χ1v) is 10.5. The van der Waals surface area contributed by atoms with Crippen LogP contribution in [0, 0.1) is 6.92 Å². The topological polar surface area (TPSA) is 54.3 Å². The van der Waals surface area contributed by atoms with E-state index >= 15 is 0 Å². The number of aryl methyl sites for hydroxylation is 1. The van der Waals surface area contributed by atoms with E-state index in [2.05, 4.69) is 17.3 Å². The number of para-hydroxylation sites is 1. The van der Waals surface area contributed by atoms with Gasteiger partial charge in [0.2, 0.25) is 0 Å². The van der Waals surface area contributed by atoms with Crippen molar-refractivity contribution in [2.24, 2.45) is 5.10 Å². The molecular weight excluding hydrogens is 360 g/mol. The highest BCUT2D eigenvalue weighted by atomic mass is 32.2. The Labute approximate surface area is 164 Å². The normalized spacial score (nSPS) is 20.6. The number of benzene rings is 2. The first kappa shape index (κ1) is 18.0. The van der Waals surface area contributed by atoms with E-state index in [1.165, 1.54) is 0 Å². The van der Waals surface area contributed by atoms with Crippen molar-refractivity contribution < 1.29 is 14.6 Å². The molecule has 2 aromatic rings. The molecule has 1 N–H and O–H groups in total. The van der Waals surface area contributed by atoms with Gasteiger partial charge in [-0.3, -0.25) is 5.01 Å². The molecule has 0 bridgehead atoms. The minimum absolute atomic E-state index is 0.0885. The van der Waals surface area contributed by atoms with Gasteiger partial charge in [-0.05, 0) is 37.1 Å². The predicted octanol–water partition coefficient (Wildman–Crippen LogP) is 4.33. The summed E-state index contributed by atoms with van der Waals surface area (Å²) in [6.07, 6.45) is 3.55. The highest BCUT2D eigenvalue weighted by Gasteiger charge is 2.41. The van der Waals surface area contributed by atoms with E-state index in [4.69, 9.17) is 14.6 Å². The Bertz CT molecular complexity index is 884. The molecule has 0 radical (unpaired) electrons. The number of phenolic OH excluding ortho intramolecular Hbond substituents is 1. The lowest BCUT2D eigenvalue weighted by Gasteiger charge is -2.38. The molecule has 2 aliphatic rings. The molecule has 5 nitrogen and oxygen atoms in total. The lowest BCUT2D eigenvalue weighted by Crippen LogP contribution is -2.40. The molecule has 2 aliphatic heterocycles. The molecule has 27 heavy (non-hydrogen) atoms. The average Bonchev–Trinajstić information content (AvgIpc) is 3.13. The number of ether oxygens (including phenoxy) is 2. The highest BCUT2D eigenvalue weighted by molar-refractivity contribution is 7.98. The van der Waals surface area contributed by atoms with Crippen LogP contribution in [-0.4, -0.2) is 41.2 Å². The summed E-state index contributed by atoms with van der Waals surface area (Å²) in [7, 11) is 1.67. The summed E-state index contributed by atoms with van der Waals surface area (Å²) in [5.74, 6) is 2.83. The van der Waals surface area contributed by atoms with Gasteiger partial charge in [0.1, 0.15) is 5.75 Å². The number of thioether (sulfide) groups is 1. The molecule has 0 spiro atoms. The van der Waals surface area contributed by atoms with Gasteiger partial charge in [-0.15, -0.1) is 0 Å². The zero-order valence-electron chi connectivity index (χ0n) is 15.8. The SMILES string of the molecule is COc1cccc2c1O[C@H](CCSC)N1N=C(c3cc(C)ccc3O)C[C@@H]21. The lowest BCUT2D eigenvalue weighted by atomic mass is 9.95. The Morgan fingerprint density at radius 2 is 2.19 bits per heavy atom. The maximum atomic E-state index is 10.4. The van der Waals surface area contributed by atoms with Crippen molar-refractivity contribution in [3.05, 3.63) is 53.1 Å². The molecule has 6 heteroatoms. The van der Waals surface area contributed by atoms with Crippen LogP contribution in [0.2, 0.25) is 0 Å². The molecule has 0 unspecified atom stereocenters. The molecule has 0 aliphatic carbocycles. The molecule has 0 saturated heterocycles. The van der Waals surface area contributed by atoms with Crippen LogP contribution in [0.5, 0.6) is 17.2 Å². The summed E-state index contributed by atoms with van der Waals surface area (Å²) in [6.45, 7) is 2.02. The van der Waals surface area contributed by atoms with E-state index in [9.17, 15) is 5.11 Å². The quantitative estimate of drug-likeness (QED) is 0.831. The van der Waals surface area contributed by atoms with E-state index in [1.807, 2.05) is 31.2 Å². The van der Waals surface area contributed by atoms with Crippen LogP contribution in [0.25, 0.3) is 0 Å². The fraction of sp³-hybridized carbons (Fsp3) is 0.381. The molecule has 0 amide bonds. The maximum absolute atomic E-state index is 10.4. The van der Waals surface area contributed by atoms with Gasteiger partial charge in [0, 0.05) is 24.0 Å². The van der Waals surface area contributed by atoms with Gasteiger partial charge in [0.15, 0.2) is 17.7 Å². The van der Waals surface area contributed by atoms with Crippen LogP contribution in [0.1, 0.15) is 35.6 Å². The Kier molecular flexibility index (Phi) is 4.91. The summed E-state index contributed by atoms with van der Waals surface area (Å²) in [4.78, 5) is 0. The second-order valence-electron chi connectivity index (χ2n) is 6.90. The van der Waals surface area contributed by atoms with E-state index in [0.717, 1.165) is 52.5 Å². The largest absolute Gasteiger partial charge is 0.507 e. The summed E-state index contributed by atoms with van der Waals surface area (Å²) >= 11 is 1.80. The molecule has 2 aromatic carbocycles. The summed E-state index contributed by atoms with van der Waals surface area (Å²) < 4.78 is 11.9. The average molecular weight is 385 g/mol. The van der Waals surface area contributed by atoms with Crippen LogP contribution in [0.4, 0.5) is 0 Å². The zero-order chi connectivity index (χ0) is 19.0. The van der Waals surface area contributed by atoms with E-state index in [1.54, 1.807) is 24.9 Å². The van der Waals surface area contributed by atoms with Gasteiger partial charge < -0.3 is 14.6 Å². The third kappa shape index (κ3) is 3.23. The van der Waals surface area contributed by atoms with Gasteiger partial charge >= 0.3 is 0 Å². The minimum atomic E-state index is -0.143. The fourth-order valence-corrected chi connectivity index (χ4v) is 4.21. The summed E-state index contributed by atoms with van der Waals surface area (Å²) in [6, 6.07) is 11.7. The van der Waals surface area contributed by atoms with E-state index in [0.29, 0.717) is 0 Å². The number of methoxy groups -OCH3 is 1. The fourth-order valence-electron chi connectivity index (χ4n) is 3.77. The predicted molar refractivity (Wildman–Crippen MR) is 109 cm³/mol. The maximum Gasteiger partial charge on any atom is 0.188 e. The number of hydrazone groups is 1. The van der Waals surface area contributed by atoms with E-state index < -0.39 is 0 Å². The van der Waals surface area contributed by atoms with Crippen molar-refractivity contribution in [1.82, 2.24) is 5.01 Å². The van der Waals surface area contributed by atoms with Gasteiger partial charge in [0.05, 0.1) is 18.9 Å². The van der Waals surface area contributed by atoms with Crippen molar-refractivity contribution in [1.29, 1.82) is 0 Å². The summed E-state index contributed by atoms with van der Waals surface area (Å²) in [5.41, 5.74) is 3.89. The van der Waals surface area contributed by atoms with Crippen LogP contribution in [-0.2, 0) is 0 Å². The third-order valence-corrected chi connectivity index (χ3v) is 5.76. The molecular formula is C21H24N2O3S. The third-order valence-electron chi connectivity index (χ3n) is 5.11. The summed E-state index contributed by atoms with van der Waals surface area (Å²) in [5, 5.41) is 17.3. The van der Waals surface area contributed by atoms with Gasteiger partial charge in [-0.2, -0.15) is 16.9 Å². The second kappa shape index (κ2) is 7.35. The Morgan fingerprint density at radius 3 is 2.96 bits per heavy atom. The van der Waals surface area contributed by atoms with Crippen LogP contribution < -0.4 is 9.47 Å². The first-order valence-electron chi connectivity index (χ1n) is 9.10. The number of rotatable bonds is 5. The molecule has 4 rings (SSSR count). The van der Waals surface area contributed by atoms with Crippen molar-refractivity contribution in [2.45, 2.75) is 32.0 Å². The number of hydrogen-bond acceptors (Lipinski definition) is 6. The first-order chi connectivity index (χ1) is 13.1. The lowest BCUT2D eigenvalue weighted by molar-refractivity contribution is -0.0198. The monoisotopic (exact) mass is 384 g/mol. The number of aromatic hydroxyl groups is 1. The highest BCUT2D eigenvalue weighted by Crippen LogP contribution is 2.47. The van der Waals surface area contributed by atoms with Crippen molar-refractivity contribution >= 4 is 17.5 Å². The minimum Gasteiger partial charge on any atom is -0.507 e. The van der Waals surface area contributed by atoms with Crippen LogP contribution in [0.15, 0.2) is 41.5 Å². The molecule has 2 atom stereocenters. The van der Waals surface area contributed by atoms with Crippen LogP contribution >= 0.6 is 11.8 Å². The molecule has 2 heterocycles. The van der Waals surface area contributed by atoms with Crippen molar-refractivity contribution in [3.63, 3.8) is 0 Å². The van der Waals surface area contributed by atoms with Crippen LogP contribution in [0.3, 0.4) is 0 Å². The van der Waals surface area contributed by atoms with Crippen molar-refractivity contribution in [2.75, 3.05) is 19.1 Å². The molecule has 0 aromatic heterocycles. The number of hydrogen-bond donors (Lipinski definition) is 1. The van der Waals surface area contributed by atoms with Crippen molar-refractivity contribution in [3.8, 4) is 17.2 Å². The smallest absolute Gasteiger partial charge is 0.188 e. The zero-order valence-corrected chi connectivity index (χ0v) is 16.6. The van der Waals surface area contributed by atoms with Gasteiger partial charge in [-0.25, -0.2) is 0 Å². The Hall–Kier alpha value is -2.34. The standard InChI is InChI=1S/C21H24N2O3S/c1-13-7-8-18(24)15(11-13)16-12-17-14-5-4-6-19(25-2)21(14)26-20(9-10-27-3)23(17)22-16/h4-8,11,17,20,24H,9-10,12H2,1-3H3/t17-,20+/m0/s1. The molecule has 0 fully saturated rings. The number of phenols is 1. The van der Waals surface area contributed by atoms with Gasteiger partial charge in [-0.1, -0.05) is 23.8 Å². The molecule has 142 valence electrons. The van der Waals surface area contributed by atoms with Gasteiger partial charge in [0.25, 0.3) is 0 Å². The Morgan fingerprint density at radius 1 is 1.33 bits per heavy atom. The number of fused-ring (bicyclic) bond motifs is 3.